The van der Waals surface area contributed by atoms with Gasteiger partial charge in [0.1, 0.15) is 0 Å². The van der Waals surface area contributed by atoms with Crippen molar-refractivity contribution in [3.05, 3.63) is 7.11 Å². The molecule has 0 rings (SSSR count). The molecule has 0 saturated carbocycles. The van der Waals surface area contributed by atoms with Crippen LogP contribution in [0, 0.1) is 7.11 Å². The average molecular weight is 340 g/mol. The van der Waals surface area contributed by atoms with Crippen molar-refractivity contribution in [2.75, 3.05) is 6.61 Å². The molecule has 0 N–H and O–H groups in total. The zero-order valence-electron chi connectivity index (χ0n) is 17.0. The normalized spacial score (nSPS) is 11.2. The Hall–Kier alpha value is -0.0400. The van der Waals surface area contributed by atoms with Crippen molar-refractivity contribution in [1.29, 1.82) is 0 Å². The van der Waals surface area contributed by atoms with Crippen molar-refractivity contribution in [3.63, 3.8) is 0 Å². The monoisotopic (exact) mass is 339 g/mol. The fourth-order valence-electron chi connectivity index (χ4n) is 3.46. The van der Waals surface area contributed by atoms with E-state index in [0.717, 1.165) is 6.61 Å². The Balaban J connectivity index is 2.93. The predicted octanol–water partition coefficient (Wildman–Crippen LogP) is 8.62. The van der Waals surface area contributed by atoms with Gasteiger partial charge in [0.2, 0.25) is 0 Å². The summed E-state index contributed by atoms with van der Waals surface area (Å²) >= 11 is 0. The van der Waals surface area contributed by atoms with Crippen molar-refractivity contribution in [2.45, 2.75) is 135 Å². The molecule has 0 fully saturated rings. The minimum atomic E-state index is 0.832. The third-order valence-electron chi connectivity index (χ3n) is 5.14. The molecule has 1 radical (unpaired) electrons. The molecule has 0 aromatic carbocycles. The third kappa shape index (κ3) is 22.0. The SMILES string of the molecule is [CH2]OCCCCCCCCCCCCCCCCCCCCCC. The van der Waals surface area contributed by atoms with Crippen LogP contribution < -0.4 is 0 Å². The first kappa shape index (κ1) is 24.0. The van der Waals surface area contributed by atoms with E-state index in [2.05, 4.69) is 14.0 Å². The number of hydrogen-bond donors (Lipinski definition) is 0. The molecule has 1 heteroatoms. The summed E-state index contributed by atoms with van der Waals surface area (Å²) in [6.07, 6.45) is 28.6. The van der Waals surface area contributed by atoms with Crippen LogP contribution in [0.25, 0.3) is 0 Å². The number of unbranched alkanes of at least 4 members (excludes halogenated alkanes) is 19. The summed E-state index contributed by atoms with van der Waals surface area (Å²) in [7, 11) is 3.41. The van der Waals surface area contributed by atoms with Gasteiger partial charge in [-0.2, -0.15) is 0 Å². The molecular weight excluding hydrogens is 292 g/mol. The molecule has 0 amide bonds. The number of ether oxygens (including phenoxy) is 1. The molecule has 0 bridgehead atoms. The van der Waals surface area contributed by atoms with Crippen LogP contribution in [0.2, 0.25) is 0 Å². The summed E-state index contributed by atoms with van der Waals surface area (Å²) < 4.78 is 4.83. The highest BCUT2D eigenvalue weighted by Gasteiger charge is 1.95. The van der Waals surface area contributed by atoms with Crippen molar-refractivity contribution in [1.82, 2.24) is 0 Å². The molecule has 0 saturated heterocycles. The van der Waals surface area contributed by atoms with E-state index in [4.69, 9.17) is 4.74 Å². The second kappa shape index (κ2) is 23.0. The van der Waals surface area contributed by atoms with Crippen LogP contribution in [0.5, 0.6) is 0 Å². The van der Waals surface area contributed by atoms with Gasteiger partial charge in [-0.15, -0.1) is 0 Å². The van der Waals surface area contributed by atoms with E-state index in [-0.39, 0.29) is 0 Å². The van der Waals surface area contributed by atoms with Crippen LogP contribution in [-0.2, 0) is 4.74 Å². The van der Waals surface area contributed by atoms with Gasteiger partial charge in [0.25, 0.3) is 0 Å². The van der Waals surface area contributed by atoms with Gasteiger partial charge in [0, 0.05) is 6.61 Å². The molecule has 0 aliphatic rings. The molecule has 0 aliphatic carbocycles. The van der Waals surface area contributed by atoms with E-state index < -0.39 is 0 Å². The van der Waals surface area contributed by atoms with Gasteiger partial charge in [-0.05, 0) is 6.42 Å². The number of rotatable bonds is 21. The van der Waals surface area contributed by atoms with Crippen LogP contribution in [0.3, 0.4) is 0 Å². The van der Waals surface area contributed by atoms with Gasteiger partial charge < -0.3 is 4.74 Å². The van der Waals surface area contributed by atoms with Gasteiger partial charge >= 0.3 is 0 Å². The summed E-state index contributed by atoms with van der Waals surface area (Å²) in [6, 6.07) is 0. The summed E-state index contributed by atoms with van der Waals surface area (Å²) in [5, 5.41) is 0. The lowest BCUT2D eigenvalue weighted by Gasteiger charge is -2.04. The Morgan fingerprint density at radius 2 is 0.667 bits per heavy atom. The molecule has 0 unspecified atom stereocenters. The van der Waals surface area contributed by atoms with Crippen molar-refractivity contribution in [3.8, 4) is 0 Å². The Labute approximate surface area is 154 Å². The Morgan fingerprint density at radius 1 is 0.417 bits per heavy atom. The zero-order valence-corrected chi connectivity index (χ0v) is 17.0. The van der Waals surface area contributed by atoms with E-state index in [1.807, 2.05) is 0 Å². The molecule has 0 aromatic rings. The molecule has 0 aromatic heterocycles. The van der Waals surface area contributed by atoms with Crippen LogP contribution in [0.15, 0.2) is 0 Å². The quantitative estimate of drug-likeness (QED) is 0.190. The Morgan fingerprint density at radius 3 is 0.917 bits per heavy atom. The smallest absolute Gasteiger partial charge is 0.0700 e. The molecule has 0 heterocycles. The van der Waals surface area contributed by atoms with E-state index >= 15 is 0 Å². The standard InChI is InChI=1S/C23H47O/c1-3-4-5-6-7-8-9-10-11-12-13-14-15-16-17-18-19-20-21-22-23-24-2/h2-23H2,1H3. The largest absolute Gasteiger partial charge is 0.379 e. The maximum absolute atomic E-state index is 4.83. The molecular formula is C23H47O. The lowest BCUT2D eigenvalue weighted by Crippen LogP contribution is -1.87. The van der Waals surface area contributed by atoms with Gasteiger partial charge in [0.05, 0.1) is 7.11 Å². The van der Waals surface area contributed by atoms with Gasteiger partial charge in [-0.3, -0.25) is 0 Å². The predicted molar refractivity (Wildman–Crippen MR) is 109 cm³/mol. The van der Waals surface area contributed by atoms with E-state index in [9.17, 15) is 0 Å². The van der Waals surface area contributed by atoms with Gasteiger partial charge in [-0.1, -0.05) is 129 Å². The topological polar surface area (TPSA) is 9.23 Å². The highest BCUT2D eigenvalue weighted by atomic mass is 16.5. The molecule has 24 heavy (non-hydrogen) atoms. The van der Waals surface area contributed by atoms with E-state index in [1.54, 1.807) is 0 Å². The fourth-order valence-corrected chi connectivity index (χ4v) is 3.46. The summed E-state index contributed by atoms with van der Waals surface area (Å²) in [6.45, 7) is 3.13. The maximum atomic E-state index is 4.83. The first-order valence-corrected chi connectivity index (χ1v) is 11.3. The number of hydrogen-bond acceptors (Lipinski definition) is 1. The third-order valence-corrected chi connectivity index (χ3v) is 5.14. The highest BCUT2D eigenvalue weighted by molar-refractivity contribution is 4.50. The average Bonchev–Trinajstić information content (AvgIpc) is 2.60. The van der Waals surface area contributed by atoms with Crippen LogP contribution >= 0.6 is 0 Å². The molecule has 0 spiro atoms. The van der Waals surface area contributed by atoms with Crippen molar-refractivity contribution in [2.24, 2.45) is 0 Å². The van der Waals surface area contributed by atoms with Crippen LogP contribution in [0.1, 0.15) is 135 Å². The van der Waals surface area contributed by atoms with Gasteiger partial charge in [0.15, 0.2) is 0 Å². The second-order valence-electron chi connectivity index (χ2n) is 7.63. The summed E-state index contributed by atoms with van der Waals surface area (Å²) in [4.78, 5) is 0. The van der Waals surface area contributed by atoms with Crippen molar-refractivity contribution < 1.29 is 4.74 Å². The molecule has 0 atom stereocenters. The van der Waals surface area contributed by atoms with E-state index in [1.165, 1.54) is 128 Å². The Bertz CT molecular complexity index is 180. The summed E-state index contributed by atoms with van der Waals surface area (Å²) in [5.41, 5.74) is 0. The second-order valence-corrected chi connectivity index (χ2v) is 7.63. The van der Waals surface area contributed by atoms with Crippen LogP contribution in [-0.4, -0.2) is 6.61 Å². The van der Waals surface area contributed by atoms with Crippen molar-refractivity contribution >= 4 is 0 Å². The first-order chi connectivity index (χ1) is 11.9. The molecule has 0 aliphatic heterocycles. The molecule has 1 nitrogen and oxygen atoms in total. The maximum Gasteiger partial charge on any atom is 0.0700 e. The van der Waals surface area contributed by atoms with E-state index in [0.29, 0.717) is 0 Å². The minimum absolute atomic E-state index is 0.832. The summed E-state index contributed by atoms with van der Waals surface area (Å²) in [5.74, 6) is 0. The lowest BCUT2D eigenvalue weighted by atomic mass is 10.0. The van der Waals surface area contributed by atoms with Crippen LogP contribution in [0.4, 0.5) is 0 Å². The highest BCUT2D eigenvalue weighted by Crippen LogP contribution is 2.14. The first-order valence-electron chi connectivity index (χ1n) is 11.3. The minimum Gasteiger partial charge on any atom is -0.379 e. The van der Waals surface area contributed by atoms with Gasteiger partial charge in [-0.25, -0.2) is 0 Å². The Kier molecular flexibility index (Phi) is 22.9. The lowest BCUT2D eigenvalue weighted by molar-refractivity contribution is 0.233. The molecule has 145 valence electrons. The fraction of sp³-hybridized carbons (Fsp3) is 0.957. The zero-order chi connectivity index (χ0) is 17.6.